The number of carbonyl (C=O) groups is 1. The molecule has 0 aliphatic carbocycles. The van der Waals surface area contributed by atoms with E-state index in [9.17, 15) is 10.1 Å². The topological polar surface area (TPSA) is 85.3 Å². The summed E-state index contributed by atoms with van der Waals surface area (Å²) in [5, 5.41) is 9.51. The Balaban J connectivity index is 2.69. The third kappa shape index (κ3) is 3.38. The second-order valence-corrected chi connectivity index (χ2v) is 6.69. The fraction of sp³-hybridized carbons (Fsp3) is 0.250. The highest BCUT2D eigenvalue weighted by Crippen LogP contribution is 2.42. The van der Waals surface area contributed by atoms with Crippen LogP contribution in [0.25, 0.3) is 0 Å². The van der Waals surface area contributed by atoms with Crippen LogP contribution in [-0.4, -0.2) is 12.6 Å². The summed E-state index contributed by atoms with van der Waals surface area (Å²) in [5.41, 5.74) is 7.17. The molecule has 0 radical (unpaired) electrons. The summed E-state index contributed by atoms with van der Waals surface area (Å²) in [4.78, 5) is 12.4. The molecule has 1 aliphatic heterocycles. The molecule has 1 aromatic rings. The van der Waals surface area contributed by atoms with Crippen molar-refractivity contribution in [3.05, 3.63) is 54.6 Å². The van der Waals surface area contributed by atoms with Crippen molar-refractivity contribution >= 4 is 44.5 Å². The molecule has 5 nitrogen and oxygen atoms in total. The molecule has 0 spiro atoms. The number of nitrogens with two attached hydrogens (primary N) is 1. The fourth-order valence-corrected chi connectivity index (χ4v) is 3.46. The second kappa shape index (κ2) is 7.36. The summed E-state index contributed by atoms with van der Waals surface area (Å²) in [7, 11) is 0. The zero-order valence-corrected chi connectivity index (χ0v) is 16.3. The zero-order chi connectivity index (χ0) is 17.1. The minimum Gasteiger partial charge on any atom is -0.463 e. The maximum absolute atomic E-state index is 12.4. The predicted octanol–water partition coefficient (Wildman–Crippen LogP) is 3.70. The first kappa shape index (κ1) is 17.8. The highest BCUT2D eigenvalue weighted by Gasteiger charge is 2.37. The number of hydrogen-bond donors (Lipinski definition) is 1. The largest absolute Gasteiger partial charge is 0.463 e. The van der Waals surface area contributed by atoms with E-state index in [4.69, 9.17) is 15.2 Å². The molecule has 0 aromatic heterocycles. The molecule has 2 N–H and O–H groups in total. The van der Waals surface area contributed by atoms with Crippen LogP contribution in [0, 0.1) is 14.9 Å². The molecule has 120 valence electrons. The number of halogens is 2. The first-order valence-electron chi connectivity index (χ1n) is 6.81. The number of nitrogens with zero attached hydrogens (tertiary/aromatic N) is 1. The Morgan fingerprint density at radius 2 is 2.26 bits per heavy atom. The van der Waals surface area contributed by atoms with E-state index in [0.717, 1.165) is 13.6 Å². The molecule has 0 amide bonds. The van der Waals surface area contributed by atoms with Gasteiger partial charge in [-0.05, 0) is 64.0 Å². The molecular formula is C16H14BrIN2O3. The Morgan fingerprint density at radius 1 is 1.57 bits per heavy atom. The van der Waals surface area contributed by atoms with E-state index in [0.29, 0.717) is 11.3 Å². The average Bonchev–Trinajstić information content (AvgIpc) is 2.49. The van der Waals surface area contributed by atoms with Crippen molar-refractivity contribution in [3.8, 4) is 6.07 Å². The smallest absolute Gasteiger partial charge is 0.338 e. The van der Waals surface area contributed by atoms with Gasteiger partial charge < -0.3 is 15.2 Å². The molecule has 1 aromatic carbocycles. The molecule has 0 bridgehead atoms. The molecule has 0 fully saturated rings. The van der Waals surface area contributed by atoms with E-state index in [-0.39, 0.29) is 18.1 Å². The van der Waals surface area contributed by atoms with Crippen LogP contribution in [0.3, 0.4) is 0 Å². The van der Waals surface area contributed by atoms with E-state index < -0.39 is 11.9 Å². The van der Waals surface area contributed by atoms with Crippen LogP contribution < -0.4 is 5.73 Å². The molecule has 7 heteroatoms. The van der Waals surface area contributed by atoms with Crippen molar-refractivity contribution in [3.63, 3.8) is 0 Å². The van der Waals surface area contributed by atoms with Gasteiger partial charge in [-0.15, -0.1) is 0 Å². The summed E-state index contributed by atoms with van der Waals surface area (Å²) in [5.74, 6) is -0.761. The summed E-state index contributed by atoms with van der Waals surface area (Å²) in [6, 6.07) is 7.67. The number of hydrogen-bond acceptors (Lipinski definition) is 5. The maximum atomic E-state index is 12.4. The number of rotatable bonds is 3. The van der Waals surface area contributed by atoms with Gasteiger partial charge in [0.1, 0.15) is 17.4 Å². The fourth-order valence-electron chi connectivity index (χ4n) is 2.41. The van der Waals surface area contributed by atoms with Gasteiger partial charge in [-0.3, -0.25) is 0 Å². The van der Waals surface area contributed by atoms with E-state index in [1.165, 1.54) is 0 Å². The van der Waals surface area contributed by atoms with Crippen LogP contribution >= 0.6 is 38.5 Å². The minimum atomic E-state index is -0.614. The van der Waals surface area contributed by atoms with Gasteiger partial charge in [0.15, 0.2) is 0 Å². The van der Waals surface area contributed by atoms with Crippen molar-refractivity contribution in [1.82, 2.24) is 0 Å². The SMILES string of the molecule is CCOC(=O)C1=C(C)OC(N)=C(C#N)C1c1cccc(Br)c1I. The van der Waals surface area contributed by atoms with Crippen LogP contribution in [0.15, 0.2) is 45.5 Å². The van der Waals surface area contributed by atoms with Gasteiger partial charge in [0.25, 0.3) is 0 Å². The highest BCUT2D eigenvalue weighted by molar-refractivity contribution is 14.1. The maximum Gasteiger partial charge on any atom is 0.338 e. The number of nitriles is 1. The normalized spacial score (nSPS) is 17.6. The number of benzene rings is 1. The van der Waals surface area contributed by atoms with Crippen molar-refractivity contribution in [1.29, 1.82) is 5.26 Å². The lowest BCUT2D eigenvalue weighted by atomic mass is 9.83. The molecule has 1 aliphatic rings. The van der Waals surface area contributed by atoms with E-state index >= 15 is 0 Å². The summed E-state index contributed by atoms with van der Waals surface area (Å²) < 4.78 is 12.3. The molecule has 1 atom stereocenters. The van der Waals surface area contributed by atoms with Gasteiger partial charge in [0.05, 0.1) is 18.1 Å². The molecule has 0 saturated heterocycles. The zero-order valence-electron chi connectivity index (χ0n) is 12.5. The molecule has 1 heterocycles. The van der Waals surface area contributed by atoms with Gasteiger partial charge in [-0.2, -0.15) is 5.26 Å². The van der Waals surface area contributed by atoms with Crippen molar-refractivity contribution in [2.75, 3.05) is 6.61 Å². The first-order valence-corrected chi connectivity index (χ1v) is 8.68. The van der Waals surface area contributed by atoms with Crippen LogP contribution in [0.1, 0.15) is 25.3 Å². The Kier molecular flexibility index (Phi) is 5.70. The Morgan fingerprint density at radius 3 is 2.87 bits per heavy atom. The lowest BCUT2D eigenvalue weighted by Crippen LogP contribution is -2.26. The van der Waals surface area contributed by atoms with E-state index in [2.05, 4.69) is 44.6 Å². The highest BCUT2D eigenvalue weighted by atomic mass is 127. The number of ether oxygens (including phenoxy) is 2. The van der Waals surface area contributed by atoms with Crippen molar-refractivity contribution < 1.29 is 14.3 Å². The van der Waals surface area contributed by atoms with Gasteiger partial charge in [0, 0.05) is 8.04 Å². The van der Waals surface area contributed by atoms with Crippen LogP contribution in [0.2, 0.25) is 0 Å². The lowest BCUT2D eigenvalue weighted by Gasteiger charge is -2.27. The van der Waals surface area contributed by atoms with E-state index in [1.54, 1.807) is 13.8 Å². The predicted molar refractivity (Wildman–Crippen MR) is 96.8 cm³/mol. The molecule has 23 heavy (non-hydrogen) atoms. The monoisotopic (exact) mass is 488 g/mol. The van der Waals surface area contributed by atoms with Gasteiger partial charge in [-0.1, -0.05) is 12.1 Å². The van der Waals surface area contributed by atoms with Gasteiger partial charge in [-0.25, -0.2) is 4.79 Å². The van der Waals surface area contributed by atoms with Crippen LogP contribution in [0.4, 0.5) is 0 Å². The third-order valence-corrected chi connectivity index (χ3v) is 6.00. The lowest BCUT2D eigenvalue weighted by molar-refractivity contribution is -0.139. The van der Waals surface area contributed by atoms with Crippen LogP contribution in [-0.2, 0) is 14.3 Å². The Labute approximate surface area is 156 Å². The number of esters is 1. The van der Waals surface area contributed by atoms with E-state index in [1.807, 2.05) is 18.2 Å². The molecule has 1 unspecified atom stereocenters. The van der Waals surface area contributed by atoms with Crippen LogP contribution in [0.5, 0.6) is 0 Å². The summed E-state index contributed by atoms with van der Waals surface area (Å²) in [6.07, 6.45) is 0. The number of carbonyl (C=O) groups excluding carboxylic acids is 1. The second-order valence-electron chi connectivity index (χ2n) is 4.76. The first-order chi connectivity index (χ1) is 10.9. The quantitative estimate of drug-likeness (QED) is 0.518. The Bertz CT molecular complexity index is 765. The molecule has 0 saturated carbocycles. The average molecular weight is 489 g/mol. The van der Waals surface area contributed by atoms with Gasteiger partial charge >= 0.3 is 5.97 Å². The summed E-state index contributed by atoms with van der Waals surface area (Å²) in [6.45, 7) is 3.61. The molecule has 2 rings (SSSR count). The third-order valence-electron chi connectivity index (χ3n) is 3.39. The standard InChI is InChI=1S/C16H14BrIN2O3/c1-3-22-16(21)12-8(2)23-15(20)10(7-19)13(12)9-5-4-6-11(17)14(9)18/h4-6,13H,3,20H2,1-2H3. The van der Waals surface area contributed by atoms with Crippen molar-refractivity contribution in [2.45, 2.75) is 19.8 Å². The van der Waals surface area contributed by atoms with Crippen molar-refractivity contribution in [2.24, 2.45) is 5.73 Å². The minimum absolute atomic E-state index is 0.0128. The van der Waals surface area contributed by atoms with Gasteiger partial charge in [0.2, 0.25) is 5.88 Å². The number of allylic oxidation sites excluding steroid dienone is 2. The molecular weight excluding hydrogens is 475 g/mol. The summed E-state index contributed by atoms with van der Waals surface area (Å²) >= 11 is 5.64. The Hall–Kier alpha value is -1.53.